The van der Waals surface area contributed by atoms with Crippen molar-refractivity contribution >= 4 is 29.4 Å². The number of hydrogen-bond donors (Lipinski definition) is 3. The van der Waals surface area contributed by atoms with Crippen LogP contribution in [0.5, 0.6) is 11.5 Å². The number of benzene rings is 3. The van der Waals surface area contributed by atoms with Crippen LogP contribution in [0.4, 0.5) is 28.9 Å². The SMILES string of the molecule is Nc1ccc(N)c(CC(=Cc2ccc(OC(=O)c3ccc(OCCCC(F)(F)F)cc3F)cc2)C(=O)O)c1. The molecule has 0 spiro atoms. The van der Waals surface area contributed by atoms with Gasteiger partial charge in [0, 0.05) is 35.9 Å². The van der Waals surface area contributed by atoms with E-state index in [0.717, 1.165) is 12.1 Å². The van der Waals surface area contributed by atoms with E-state index in [1.807, 2.05) is 0 Å². The van der Waals surface area contributed by atoms with E-state index in [9.17, 15) is 32.3 Å². The number of carbonyl (C=O) groups excluding carboxylic acids is 1. The van der Waals surface area contributed by atoms with E-state index < -0.39 is 35.9 Å². The number of nitrogen functional groups attached to an aromatic ring is 2. The Bertz CT molecular complexity index is 1340. The lowest BCUT2D eigenvalue weighted by Gasteiger charge is -2.10. The number of carboxylic acids is 1. The van der Waals surface area contributed by atoms with Gasteiger partial charge in [-0.25, -0.2) is 14.0 Å². The number of nitrogens with two attached hydrogens (primary N) is 2. The minimum absolute atomic E-state index is 0.0217. The van der Waals surface area contributed by atoms with Gasteiger partial charge in [-0.05, 0) is 66.1 Å². The van der Waals surface area contributed by atoms with E-state index in [4.69, 9.17) is 20.9 Å². The molecule has 3 aromatic carbocycles. The highest BCUT2D eigenvalue weighted by atomic mass is 19.4. The quantitative estimate of drug-likeness (QED) is 0.0771. The molecule has 0 aliphatic rings. The zero-order chi connectivity index (χ0) is 27.9. The highest BCUT2D eigenvalue weighted by Gasteiger charge is 2.26. The number of hydrogen-bond acceptors (Lipinski definition) is 6. The average molecular weight is 532 g/mol. The zero-order valence-electron chi connectivity index (χ0n) is 19.9. The average Bonchev–Trinajstić information content (AvgIpc) is 2.84. The van der Waals surface area contributed by atoms with Crippen molar-refractivity contribution in [3.63, 3.8) is 0 Å². The summed E-state index contributed by atoms with van der Waals surface area (Å²) in [6, 6.07) is 13.9. The number of carboxylic acid groups (broad SMARTS) is 1. The van der Waals surface area contributed by atoms with Crippen LogP contribution in [-0.4, -0.2) is 29.8 Å². The van der Waals surface area contributed by atoms with Gasteiger partial charge in [-0.3, -0.25) is 0 Å². The third kappa shape index (κ3) is 8.26. The number of alkyl halides is 3. The number of halogens is 4. The van der Waals surface area contributed by atoms with E-state index in [0.29, 0.717) is 22.5 Å². The number of carbonyl (C=O) groups is 2. The molecular weight excluding hydrogens is 508 g/mol. The third-order valence-corrected chi connectivity index (χ3v) is 5.29. The van der Waals surface area contributed by atoms with Gasteiger partial charge in [0.05, 0.1) is 12.2 Å². The molecule has 0 unspecified atom stereocenters. The first-order valence-corrected chi connectivity index (χ1v) is 11.3. The summed E-state index contributed by atoms with van der Waals surface area (Å²) in [4.78, 5) is 24.1. The minimum Gasteiger partial charge on any atom is -0.493 e. The maximum absolute atomic E-state index is 14.4. The molecule has 0 aliphatic heterocycles. The van der Waals surface area contributed by atoms with Gasteiger partial charge in [0.15, 0.2) is 0 Å². The Morgan fingerprint density at radius 3 is 2.26 bits per heavy atom. The van der Waals surface area contributed by atoms with Crippen molar-refractivity contribution in [1.29, 1.82) is 0 Å². The minimum atomic E-state index is -4.30. The van der Waals surface area contributed by atoms with Crippen molar-refractivity contribution in [3.8, 4) is 11.5 Å². The van der Waals surface area contributed by atoms with Gasteiger partial charge in [0.1, 0.15) is 17.3 Å². The molecule has 0 heterocycles. The van der Waals surface area contributed by atoms with E-state index in [2.05, 4.69) is 0 Å². The molecule has 0 saturated heterocycles. The Balaban J connectivity index is 1.64. The summed E-state index contributed by atoms with van der Waals surface area (Å²) in [5, 5.41) is 9.59. The highest BCUT2D eigenvalue weighted by Crippen LogP contribution is 2.24. The Morgan fingerprint density at radius 2 is 1.63 bits per heavy atom. The molecular formula is C27H24F4N2O5. The molecule has 0 fully saturated rings. The number of anilines is 2. The fourth-order valence-corrected chi connectivity index (χ4v) is 3.38. The van der Waals surface area contributed by atoms with Crippen LogP contribution < -0.4 is 20.9 Å². The van der Waals surface area contributed by atoms with Crippen LogP contribution in [-0.2, 0) is 11.2 Å². The van der Waals surface area contributed by atoms with Crippen molar-refractivity contribution < 1.29 is 41.7 Å². The van der Waals surface area contributed by atoms with Crippen LogP contribution in [0.3, 0.4) is 0 Å². The molecule has 3 rings (SSSR count). The normalized spacial score (nSPS) is 11.7. The Morgan fingerprint density at radius 1 is 0.947 bits per heavy atom. The second-order valence-electron chi connectivity index (χ2n) is 8.28. The van der Waals surface area contributed by atoms with Crippen LogP contribution in [0.15, 0.2) is 66.2 Å². The summed E-state index contributed by atoms with van der Waals surface area (Å²) >= 11 is 0. The van der Waals surface area contributed by atoms with E-state index in [1.54, 1.807) is 18.2 Å². The molecule has 7 nitrogen and oxygen atoms in total. The number of aliphatic carboxylic acids is 1. The predicted molar refractivity (Wildman–Crippen MR) is 133 cm³/mol. The number of esters is 1. The topological polar surface area (TPSA) is 125 Å². The van der Waals surface area contributed by atoms with Crippen LogP contribution in [0, 0.1) is 5.82 Å². The van der Waals surface area contributed by atoms with Gasteiger partial charge in [-0.15, -0.1) is 0 Å². The van der Waals surface area contributed by atoms with Crippen LogP contribution in [0.2, 0.25) is 0 Å². The molecule has 11 heteroatoms. The smallest absolute Gasteiger partial charge is 0.389 e. The van der Waals surface area contributed by atoms with E-state index in [1.165, 1.54) is 36.4 Å². The predicted octanol–water partition coefficient (Wildman–Crippen LogP) is 5.64. The molecule has 38 heavy (non-hydrogen) atoms. The monoisotopic (exact) mass is 532 g/mol. The summed E-state index contributed by atoms with van der Waals surface area (Å²) in [6.45, 7) is -0.264. The van der Waals surface area contributed by atoms with Crippen molar-refractivity contribution in [2.24, 2.45) is 0 Å². The summed E-state index contributed by atoms with van der Waals surface area (Å²) < 4.78 is 61.2. The molecule has 0 bridgehead atoms. The fraction of sp³-hybridized carbons (Fsp3) is 0.185. The van der Waals surface area contributed by atoms with E-state index >= 15 is 0 Å². The summed E-state index contributed by atoms with van der Waals surface area (Å²) in [5.74, 6) is -3.05. The summed E-state index contributed by atoms with van der Waals surface area (Å²) in [6.07, 6.45) is -4.15. The second-order valence-corrected chi connectivity index (χ2v) is 8.28. The van der Waals surface area contributed by atoms with Crippen molar-refractivity contribution in [2.45, 2.75) is 25.4 Å². The molecule has 3 aromatic rings. The molecule has 0 aromatic heterocycles. The van der Waals surface area contributed by atoms with Gasteiger partial charge < -0.3 is 26.0 Å². The zero-order valence-corrected chi connectivity index (χ0v) is 19.9. The maximum atomic E-state index is 14.4. The van der Waals surface area contributed by atoms with Crippen molar-refractivity contribution in [1.82, 2.24) is 0 Å². The number of ether oxygens (including phenoxy) is 2. The first-order chi connectivity index (χ1) is 17.9. The standard InChI is InChI=1S/C27H24F4N2O5/c28-23-15-21(37-11-1-10-27(29,30)31)7-8-22(23)26(36)38-20-5-2-16(3-6-20)12-18(25(34)35)13-17-14-19(32)4-9-24(17)33/h2-9,12,14-15H,1,10-11,13,32-33H2,(H,34,35). The Labute approximate surface area is 215 Å². The Kier molecular flexibility index (Phi) is 8.95. The van der Waals surface area contributed by atoms with Gasteiger partial charge in [0.2, 0.25) is 0 Å². The van der Waals surface area contributed by atoms with E-state index in [-0.39, 0.29) is 36.5 Å². The first kappa shape index (κ1) is 28.0. The van der Waals surface area contributed by atoms with Gasteiger partial charge in [-0.1, -0.05) is 12.1 Å². The van der Waals surface area contributed by atoms with Gasteiger partial charge in [0.25, 0.3) is 0 Å². The van der Waals surface area contributed by atoms with Crippen LogP contribution >= 0.6 is 0 Å². The largest absolute Gasteiger partial charge is 0.493 e. The van der Waals surface area contributed by atoms with Gasteiger partial charge in [-0.2, -0.15) is 13.2 Å². The Hall–Kier alpha value is -4.54. The summed E-state index contributed by atoms with van der Waals surface area (Å²) in [5.41, 5.74) is 13.2. The van der Waals surface area contributed by atoms with Gasteiger partial charge >= 0.3 is 18.1 Å². The molecule has 0 radical (unpaired) electrons. The van der Waals surface area contributed by atoms with Crippen LogP contribution in [0.25, 0.3) is 6.08 Å². The fourth-order valence-electron chi connectivity index (χ4n) is 3.38. The summed E-state index contributed by atoms with van der Waals surface area (Å²) in [7, 11) is 0. The van der Waals surface area contributed by atoms with Crippen LogP contribution in [0.1, 0.15) is 34.3 Å². The molecule has 0 amide bonds. The third-order valence-electron chi connectivity index (χ3n) is 5.29. The lowest BCUT2D eigenvalue weighted by Crippen LogP contribution is -2.12. The highest BCUT2D eigenvalue weighted by molar-refractivity contribution is 5.93. The van der Waals surface area contributed by atoms with Crippen molar-refractivity contribution in [3.05, 3.63) is 88.7 Å². The molecule has 0 atom stereocenters. The molecule has 5 N–H and O–H groups in total. The second kappa shape index (κ2) is 12.1. The molecule has 0 aliphatic carbocycles. The maximum Gasteiger partial charge on any atom is 0.389 e. The first-order valence-electron chi connectivity index (χ1n) is 11.3. The molecule has 200 valence electrons. The van der Waals surface area contributed by atoms with Crippen molar-refractivity contribution in [2.75, 3.05) is 18.1 Å². The number of rotatable bonds is 10. The lowest BCUT2D eigenvalue weighted by atomic mass is 10.0. The lowest BCUT2D eigenvalue weighted by molar-refractivity contribution is -0.136. The molecule has 0 saturated carbocycles.